The molecular weight excluding hydrogens is 340 g/mol. The second-order valence-electron chi connectivity index (χ2n) is 6.27. The summed E-state index contributed by atoms with van der Waals surface area (Å²) in [5, 5.41) is 2.90. The Balaban J connectivity index is 1.50. The number of nitrogens with zero attached hydrogens (tertiary/aromatic N) is 3. The molecule has 0 radical (unpaired) electrons. The fourth-order valence-electron chi connectivity index (χ4n) is 3.27. The van der Waals surface area contributed by atoms with Crippen LogP contribution in [0.3, 0.4) is 0 Å². The lowest BCUT2D eigenvalue weighted by Gasteiger charge is -2.17. The molecule has 0 spiro atoms. The SMILES string of the molecule is COc1ccccc1CNC(=O)c1ccnc(N2CCc3ccccc32)n1. The van der Waals surface area contributed by atoms with E-state index in [2.05, 4.69) is 27.4 Å². The number of nitrogens with one attached hydrogen (secondary N) is 1. The largest absolute Gasteiger partial charge is 0.496 e. The number of carbonyl (C=O) groups is 1. The summed E-state index contributed by atoms with van der Waals surface area (Å²) in [5.41, 5.74) is 3.63. The zero-order valence-corrected chi connectivity index (χ0v) is 15.1. The fourth-order valence-corrected chi connectivity index (χ4v) is 3.27. The topological polar surface area (TPSA) is 67.3 Å². The van der Waals surface area contributed by atoms with Crippen molar-refractivity contribution in [2.24, 2.45) is 0 Å². The van der Waals surface area contributed by atoms with Gasteiger partial charge in [-0.2, -0.15) is 0 Å². The van der Waals surface area contributed by atoms with Gasteiger partial charge in [0.2, 0.25) is 5.95 Å². The molecule has 2 heterocycles. The average molecular weight is 360 g/mol. The Bertz CT molecular complexity index is 974. The second kappa shape index (κ2) is 7.45. The van der Waals surface area contributed by atoms with Crippen LogP contribution in [-0.2, 0) is 13.0 Å². The quantitative estimate of drug-likeness (QED) is 0.757. The highest BCUT2D eigenvalue weighted by Gasteiger charge is 2.22. The zero-order chi connectivity index (χ0) is 18.6. The standard InChI is InChI=1S/C21H20N4O2/c1-27-19-9-5-3-7-16(19)14-23-20(26)17-10-12-22-21(24-17)25-13-11-15-6-2-4-8-18(15)25/h2-10,12H,11,13-14H2,1H3,(H,23,26). The molecule has 0 fully saturated rings. The van der Waals surface area contributed by atoms with E-state index in [4.69, 9.17) is 4.74 Å². The van der Waals surface area contributed by atoms with Gasteiger partial charge < -0.3 is 15.0 Å². The van der Waals surface area contributed by atoms with E-state index in [1.807, 2.05) is 41.3 Å². The molecule has 0 unspecified atom stereocenters. The summed E-state index contributed by atoms with van der Waals surface area (Å²) in [5.74, 6) is 1.05. The summed E-state index contributed by atoms with van der Waals surface area (Å²) in [6, 6.07) is 17.4. The number of fused-ring (bicyclic) bond motifs is 1. The smallest absolute Gasteiger partial charge is 0.270 e. The first kappa shape index (κ1) is 17.0. The minimum atomic E-state index is -0.239. The van der Waals surface area contributed by atoms with Gasteiger partial charge in [0.15, 0.2) is 0 Å². The highest BCUT2D eigenvalue weighted by atomic mass is 16.5. The van der Waals surface area contributed by atoms with E-state index in [1.165, 1.54) is 5.56 Å². The summed E-state index contributed by atoms with van der Waals surface area (Å²) < 4.78 is 5.32. The number of amides is 1. The molecule has 6 nitrogen and oxygen atoms in total. The van der Waals surface area contributed by atoms with E-state index < -0.39 is 0 Å². The van der Waals surface area contributed by atoms with Crippen LogP contribution in [0.4, 0.5) is 11.6 Å². The first-order chi connectivity index (χ1) is 13.3. The van der Waals surface area contributed by atoms with Crippen molar-refractivity contribution in [1.29, 1.82) is 0 Å². The summed E-state index contributed by atoms with van der Waals surface area (Å²) >= 11 is 0. The number of hydrogen-bond donors (Lipinski definition) is 1. The number of rotatable bonds is 5. The van der Waals surface area contributed by atoms with Crippen molar-refractivity contribution >= 4 is 17.5 Å². The number of methoxy groups -OCH3 is 1. The van der Waals surface area contributed by atoms with E-state index in [1.54, 1.807) is 19.4 Å². The monoisotopic (exact) mass is 360 g/mol. The number of hydrogen-bond acceptors (Lipinski definition) is 5. The Morgan fingerprint density at radius 1 is 1.15 bits per heavy atom. The highest BCUT2D eigenvalue weighted by molar-refractivity contribution is 5.92. The van der Waals surface area contributed by atoms with Gasteiger partial charge in [-0.1, -0.05) is 36.4 Å². The summed E-state index contributed by atoms with van der Waals surface area (Å²) in [6.07, 6.45) is 2.57. The number of aromatic nitrogens is 2. The number of ether oxygens (including phenoxy) is 1. The van der Waals surface area contributed by atoms with Crippen LogP contribution in [0.2, 0.25) is 0 Å². The molecule has 0 saturated carbocycles. The van der Waals surface area contributed by atoms with Gasteiger partial charge in [0.05, 0.1) is 7.11 Å². The highest BCUT2D eigenvalue weighted by Crippen LogP contribution is 2.32. The van der Waals surface area contributed by atoms with E-state index in [0.717, 1.165) is 30.0 Å². The molecule has 136 valence electrons. The number of para-hydroxylation sites is 2. The van der Waals surface area contributed by atoms with E-state index in [9.17, 15) is 4.79 Å². The van der Waals surface area contributed by atoms with Crippen LogP contribution in [-0.4, -0.2) is 29.5 Å². The Kier molecular flexibility index (Phi) is 4.70. The first-order valence-corrected chi connectivity index (χ1v) is 8.85. The number of carbonyl (C=O) groups excluding carboxylic acids is 1. The van der Waals surface area contributed by atoms with Gasteiger partial charge in [0, 0.05) is 30.5 Å². The van der Waals surface area contributed by atoms with E-state index >= 15 is 0 Å². The second-order valence-corrected chi connectivity index (χ2v) is 6.27. The molecule has 4 rings (SSSR count). The lowest BCUT2D eigenvalue weighted by Crippen LogP contribution is -2.25. The van der Waals surface area contributed by atoms with Crippen molar-refractivity contribution in [2.75, 3.05) is 18.6 Å². The molecule has 1 aromatic heterocycles. The predicted octanol–water partition coefficient (Wildman–Crippen LogP) is 3.11. The molecule has 0 atom stereocenters. The van der Waals surface area contributed by atoms with Gasteiger partial charge in [-0.05, 0) is 30.2 Å². The molecule has 0 saturated heterocycles. The molecule has 27 heavy (non-hydrogen) atoms. The Morgan fingerprint density at radius 3 is 2.85 bits per heavy atom. The van der Waals surface area contributed by atoms with E-state index in [-0.39, 0.29) is 5.91 Å². The minimum Gasteiger partial charge on any atom is -0.496 e. The molecule has 1 aliphatic heterocycles. The summed E-state index contributed by atoms with van der Waals surface area (Å²) in [6.45, 7) is 1.18. The third-order valence-corrected chi connectivity index (χ3v) is 4.64. The molecule has 3 aromatic rings. The van der Waals surface area contributed by atoms with Gasteiger partial charge in [-0.3, -0.25) is 4.79 Å². The van der Waals surface area contributed by atoms with Crippen molar-refractivity contribution in [3.05, 3.63) is 77.6 Å². The maximum absolute atomic E-state index is 12.6. The number of benzene rings is 2. The molecule has 2 aromatic carbocycles. The molecule has 6 heteroatoms. The Hall–Kier alpha value is -3.41. The van der Waals surface area contributed by atoms with Gasteiger partial charge in [-0.15, -0.1) is 0 Å². The van der Waals surface area contributed by atoms with Gasteiger partial charge in [0.25, 0.3) is 5.91 Å². The van der Waals surface area contributed by atoms with Crippen LogP contribution in [0.5, 0.6) is 5.75 Å². The van der Waals surface area contributed by atoms with Gasteiger partial charge >= 0.3 is 0 Å². The van der Waals surface area contributed by atoms with Crippen LogP contribution in [0.1, 0.15) is 21.6 Å². The Labute approximate surface area is 157 Å². The van der Waals surface area contributed by atoms with Crippen LogP contribution >= 0.6 is 0 Å². The van der Waals surface area contributed by atoms with Crippen molar-refractivity contribution in [3.8, 4) is 5.75 Å². The first-order valence-electron chi connectivity index (χ1n) is 8.85. The van der Waals surface area contributed by atoms with E-state index in [0.29, 0.717) is 18.2 Å². The lowest BCUT2D eigenvalue weighted by molar-refractivity contribution is 0.0945. The minimum absolute atomic E-state index is 0.239. The summed E-state index contributed by atoms with van der Waals surface area (Å²) in [4.78, 5) is 23.5. The number of anilines is 2. The normalized spacial score (nSPS) is 12.6. The lowest BCUT2D eigenvalue weighted by atomic mass is 10.2. The van der Waals surface area contributed by atoms with Crippen molar-refractivity contribution in [1.82, 2.24) is 15.3 Å². The zero-order valence-electron chi connectivity index (χ0n) is 15.1. The van der Waals surface area contributed by atoms with Crippen LogP contribution in [0.15, 0.2) is 60.8 Å². The molecular formula is C21H20N4O2. The van der Waals surface area contributed by atoms with Gasteiger partial charge in [-0.25, -0.2) is 9.97 Å². The summed E-state index contributed by atoms with van der Waals surface area (Å²) in [7, 11) is 1.62. The fraction of sp³-hybridized carbons (Fsp3) is 0.190. The third kappa shape index (κ3) is 3.46. The van der Waals surface area contributed by atoms with Crippen molar-refractivity contribution in [3.63, 3.8) is 0 Å². The van der Waals surface area contributed by atoms with Crippen molar-refractivity contribution < 1.29 is 9.53 Å². The average Bonchev–Trinajstić information content (AvgIpc) is 3.16. The molecule has 0 bridgehead atoms. The maximum Gasteiger partial charge on any atom is 0.270 e. The Morgan fingerprint density at radius 2 is 1.96 bits per heavy atom. The molecule has 0 aliphatic carbocycles. The predicted molar refractivity (Wildman–Crippen MR) is 103 cm³/mol. The third-order valence-electron chi connectivity index (χ3n) is 4.64. The van der Waals surface area contributed by atoms with Crippen LogP contribution in [0.25, 0.3) is 0 Å². The maximum atomic E-state index is 12.6. The molecule has 1 aliphatic rings. The van der Waals surface area contributed by atoms with Gasteiger partial charge in [0.1, 0.15) is 11.4 Å². The van der Waals surface area contributed by atoms with Crippen LogP contribution in [0, 0.1) is 0 Å². The molecule has 1 N–H and O–H groups in total. The van der Waals surface area contributed by atoms with Crippen LogP contribution < -0.4 is 15.0 Å². The molecule has 1 amide bonds. The van der Waals surface area contributed by atoms with Crippen molar-refractivity contribution in [2.45, 2.75) is 13.0 Å².